The largest absolute Gasteiger partial charge is 0.455 e. The van der Waals surface area contributed by atoms with Gasteiger partial charge in [-0.1, -0.05) is 152 Å². The Bertz CT molecular complexity index is 2720. The lowest BCUT2D eigenvalue weighted by Gasteiger charge is -2.18. The van der Waals surface area contributed by atoms with Gasteiger partial charge in [0.2, 0.25) is 0 Å². The van der Waals surface area contributed by atoms with Gasteiger partial charge in [0.25, 0.3) is 0 Å². The Morgan fingerprint density at radius 2 is 0.889 bits per heavy atom. The minimum atomic E-state index is -0.426. The molecule has 0 saturated carbocycles. The summed E-state index contributed by atoms with van der Waals surface area (Å²) >= 11 is 0. The molecule has 0 unspecified atom stereocenters. The van der Waals surface area contributed by atoms with E-state index in [0.29, 0.717) is 16.7 Å². The molecule has 9 rings (SSSR count). The van der Waals surface area contributed by atoms with Crippen molar-refractivity contribution in [1.29, 1.82) is 0 Å². The molecule has 0 amide bonds. The quantitative estimate of drug-likeness (QED) is 0.190. The van der Waals surface area contributed by atoms with Crippen molar-refractivity contribution in [3.05, 3.63) is 170 Å². The molecule has 210 valence electrons. The van der Waals surface area contributed by atoms with Crippen LogP contribution >= 0.6 is 0 Å². The van der Waals surface area contributed by atoms with Gasteiger partial charge in [-0.25, -0.2) is 0 Å². The lowest BCUT2D eigenvalue weighted by molar-refractivity contribution is 0.670. The van der Waals surface area contributed by atoms with Crippen LogP contribution in [0, 0.1) is 0 Å². The van der Waals surface area contributed by atoms with Crippen molar-refractivity contribution in [2.75, 3.05) is 0 Å². The smallest absolute Gasteiger partial charge is 0.143 e. The van der Waals surface area contributed by atoms with Crippen molar-refractivity contribution >= 4 is 43.5 Å². The fraction of sp³-hybridized carbons (Fsp3) is 0. The van der Waals surface area contributed by atoms with Gasteiger partial charge < -0.3 is 4.42 Å². The summed E-state index contributed by atoms with van der Waals surface area (Å²) in [6, 6.07) is 46.0. The molecule has 1 nitrogen and oxygen atoms in total. The Hall–Kier alpha value is -5.92. The number of furan rings is 1. The maximum Gasteiger partial charge on any atom is 0.143 e. The van der Waals surface area contributed by atoms with Crippen molar-refractivity contribution in [3.8, 4) is 44.5 Å². The van der Waals surface area contributed by atoms with Gasteiger partial charge >= 0.3 is 0 Å². The van der Waals surface area contributed by atoms with Crippen LogP contribution < -0.4 is 0 Å². The number of rotatable bonds is 4. The molecular formula is C44H28O. The third-order valence-corrected chi connectivity index (χ3v) is 8.75. The van der Waals surface area contributed by atoms with Gasteiger partial charge in [-0.15, -0.1) is 0 Å². The fourth-order valence-electron chi connectivity index (χ4n) is 6.75. The molecule has 0 bridgehead atoms. The Morgan fingerprint density at radius 3 is 1.53 bits per heavy atom. The summed E-state index contributed by atoms with van der Waals surface area (Å²) in [6.07, 6.45) is 0. The molecule has 8 aromatic carbocycles. The van der Waals surface area contributed by atoms with E-state index in [-0.39, 0.29) is 29.7 Å². The maximum atomic E-state index is 8.90. The molecule has 0 atom stereocenters. The van der Waals surface area contributed by atoms with Crippen LogP contribution in [0.5, 0.6) is 0 Å². The van der Waals surface area contributed by atoms with E-state index in [1.165, 1.54) is 5.56 Å². The zero-order valence-corrected chi connectivity index (χ0v) is 24.2. The standard InChI is InChI=1S/C44H28O/c1-3-13-29(14-4-1)30-23-25-32(26-24-30)42-35-18-7-9-20-37(35)43(38-21-10-8-19-36(38)42)33-27-39(31-15-5-2-6-16-31)44-40(28-33)34-17-11-12-22-41(34)45-44/h1-28H/i2D,5D,6D,15D,16D. The number of hydrogen-bond acceptors (Lipinski definition) is 1. The molecule has 45 heavy (non-hydrogen) atoms. The van der Waals surface area contributed by atoms with E-state index in [4.69, 9.17) is 11.3 Å². The van der Waals surface area contributed by atoms with Crippen LogP contribution in [0.4, 0.5) is 0 Å². The molecule has 1 heterocycles. The zero-order chi connectivity index (χ0) is 34.1. The Kier molecular flexibility index (Phi) is 4.81. The molecule has 0 saturated heterocycles. The average molecular weight is 578 g/mol. The van der Waals surface area contributed by atoms with E-state index < -0.39 is 6.04 Å². The highest BCUT2D eigenvalue weighted by molar-refractivity contribution is 6.23. The summed E-state index contributed by atoms with van der Waals surface area (Å²) in [5.41, 5.74) is 8.16. The second kappa shape index (κ2) is 10.4. The molecular weight excluding hydrogens is 544 g/mol. The van der Waals surface area contributed by atoms with Crippen molar-refractivity contribution in [2.45, 2.75) is 0 Å². The Balaban J connectivity index is 1.37. The van der Waals surface area contributed by atoms with Crippen LogP contribution in [0.1, 0.15) is 6.85 Å². The molecule has 0 N–H and O–H groups in total. The first-order valence-corrected chi connectivity index (χ1v) is 15.0. The van der Waals surface area contributed by atoms with E-state index in [1.807, 2.05) is 48.5 Å². The second-order valence-electron chi connectivity index (χ2n) is 11.3. The average Bonchev–Trinajstić information content (AvgIpc) is 3.54. The number of benzene rings is 8. The molecule has 1 heteroatoms. The third kappa shape index (κ3) is 4.17. The number of fused-ring (bicyclic) bond motifs is 5. The molecule has 0 radical (unpaired) electrons. The van der Waals surface area contributed by atoms with Crippen molar-refractivity contribution in [1.82, 2.24) is 0 Å². The predicted molar refractivity (Wildman–Crippen MR) is 190 cm³/mol. The SMILES string of the molecule is [2H]c1c([2H])c([2H])c(-c2cc(-c3c4ccccc4c(-c4ccc(-c5ccccc5)cc4)c4ccccc34)cc3c2oc2ccccc23)c([2H])c1[2H]. The highest BCUT2D eigenvalue weighted by atomic mass is 16.3. The van der Waals surface area contributed by atoms with E-state index in [0.717, 1.165) is 60.1 Å². The second-order valence-corrected chi connectivity index (χ2v) is 11.3. The first-order chi connectivity index (χ1) is 24.4. The lowest BCUT2D eigenvalue weighted by Crippen LogP contribution is -1.91. The van der Waals surface area contributed by atoms with Crippen molar-refractivity contribution in [2.24, 2.45) is 0 Å². The zero-order valence-electron chi connectivity index (χ0n) is 29.2. The number of para-hydroxylation sites is 1. The fourth-order valence-corrected chi connectivity index (χ4v) is 6.75. The molecule has 0 aliphatic heterocycles. The summed E-state index contributed by atoms with van der Waals surface area (Å²) in [5.74, 6) is 0. The van der Waals surface area contributed by atoms with Gasteiger partial charge in [0.05, 0.1) is 6.85 Å². The summed E-state index contributed by atoms with van der Waals surface area (Å²) in [5, 5.41) is 5.99. The van der Waals surface area contributed by atoms with Crippen LogP contribution in [-0.2, 0) is 0 Å². The van der Waals surface area contributed by atoms with Crippen LogP contribution in [0.15, 0.2) is 174 Å². The van der Waals surface area contributed by atoms with E-state index >= 15 is 0 Å². The minimum absolute atomic E-state index is 0.116. The molecule has 0 aliphatic carbocycles. The summed E-state index contributed by atoms with van der Waals surface area (Å²) < 4.78 is 49.4. The summed E-state index contributed by atoms with van der Waals surface area (Å²) in [7, 11) is 0. The van der Waals surface area contributed by atoms with Gasteiger partial charge in [0.15, 0.2) is 0 Å². The van der Waals surface area contributed by atoms with E-state index in [9.17, 15) is 0 Å². The molecule has 9 aromatic rings. The topological polar surface area (TPSA) is 13.1 Å². The van der Waals surface area contributed by atoms with Crippen LogP contribution in [0.25, 0.3) is 88.0 Å². The molecule has 0 aliphatic rings. The highest BCUT2D eigenvalue weighted by Gasteiger charge is 2.20. The first-order valence-electron chi connectivity index (χ1n) is 17.5. The van der Waals surface area contributed by atoms with Gasteiger partial charge in [0, 0.05) is 16.3 Å². The highest BCUT2D eigenvalue weighted by Crippen LogP contribution is 2.46. The third-order valence-electron chi connectivity index (χ3n) is 8.75. The molecule has 0 fully saturated rings. The van der Waals surface area contributed by atoms with Gasteiger partial charge in [-0.2, -0.15) is 0 Å². The lowest BCUT2D eigenvalue weighted by atomic mass is 9.84. The molecule has 1 aromatic heterocycles. The maximum absolute atomic E-state index is 8.90. The predicted octanol–water partition coefficient (Wildman–Crippen LogP) is 12.6. The first kappa shape index (κ1) is 20.9. The van der Waals surface area contributed by atoms with Gasteiger partial charge in [-0.3, -0.25) is 0 Å². The van der Waals surface area contributed by atoms with Crippen LogP contribution in [0.2, 0.25) is 0 Å². The van der Waals surface area contributed by atoms with Gasteiger partial charge in [0.1, 0.15) is 11.2 Å². The molecule has 0 spiro atoms. The Morgan fingerprint density at radius 1 is 0.378 bits per heavy atom. The minimum Gasteiger partial charge on any atom is -0.455 e. The van der Waals surface area contributed by atoms with E-state index in [2.05, 4.69) is 91.0 Å². The number of hydrogen-bond donors (Lipinski definition) is 0. The van der Waals surface area contributed by atoms with E-state index in [1.54, 1.807) is 0 Å². The monoisotopic (exact) mass is 577 g/mol. The van der Waals surface area contributed by atoms with Crippen LogP contribution in [0.3, 0.4) is 0 Å². The van der Waals surface area contributed by atoms with Crippen molar-refractivity contribution in [3.63, 3.8) is 0 Å². The van der Waals surface area contributed by atoms with Crippen LogP contribution in [-0.4, -0.2) is 0 Å². The van der Waals surface area contributed by atoms with Crippen molar-refractivity contribution < 1.29 is 11.3 Å². The summed E-state index contributed by atoms with van der Waals surface area (Å²) in [6.45, 7) is 0. The Labute approximate surface area is 268 Å². The normalized spacial score (nSPS) is 13.1. The summed E-state index contributed by atoms with van der Waals surface area (Å²) in [4.78, 5) is 0. The van der Waals surface area contributed by atoms with Gasteiger partial charge in [-0.05, 0) is 78.7 Å².